The molecular formula is C15H12BrN3O. The van der Waals surface area contributed by atoms with Crippen LogP contribution in [0.25, 0.3) is 0 Å². The van der Waals surface area contributed by atoms with Crippen LogP contribution < -0.4 is 11.1 Å². The molecule has 0 fully saturated rings. The first-order valence-corrected chi connectivity index (χ1v) is 6.72. The van der Waals surface area contributed by atoms with Crippen LogP contribution in [-0.2, 0) is 4.79 Å². The standard InChI is InChI=1S/C15H12BrN3O/c16-12-6-7-13(11(8-12)9-17)19-15(20)14(18)10-4-2-1-3-5-10/h1-8,14H,18H2,(H,19,20)/t14-/m1/s1. The number of carbonyl (C=O) groups excluding carboxylic acids is 1. The van der Waals surface area contributed by atoms with Gasteiger partial charge in [0.1, 0.15) is 12.1 Å². The van der Waals surface area contributed by atoms with Crippen molar-refractivity contribution in [2.24, 2.45) is 5.73 Å². The minimum atomic E-state index is -0.772. The molecule has 0 saturated heterocycles. The van der Waals surface area contributed by atoms with Crippen molar-refractivity contribution in [2.75, 3.05) is 5.32 Å². The Labute approximate surface area is 125 Å². The van der Waals surface area contributed by atoms with Gasteiger partial charge >= 0.3 is 0 Å². The fourth-order valence-corrected chi connectivity index (χ4v) is 2.10. The fourth-order valence-electron chi connectivity index (χ4n) is 1.74. The van der Waals surface area contributed by atoms with Gasteiger partial charge in [-0.1, -0.05) is 46.3 Å². The molecule has 0 aliphatic carbocycles. The molecule has 5 heteroatoms. The normalized spacial score (nSPS) is 11.4. The van der Waals surface area contributed by atoms with Crippen molar-refractivity contribution in [1.82, 2.24) is 0 Å². The average Bonchev–Trinajstić information content (AvgIpc) is 2.49. The number of carbonyl (C=O) groups is 1. The van der Waals surface area contributed by atoms with E-state index in [2.05, 4.69) is 21.2 Å². The Bertz CT molecular complexity index is 665. The van der Waals surface area contributed by atoms with Gasteiger partial charge < -0.3 is 11.1 Å². The van der Waals surface area contributed by atoms with Crippen LogP contribution in [0.3, 0.4) is 0 Å². The third-order valence-corrected chi connectivity index (χ3v) is 3.29. The monoisotopic (exact) mass is 329 g/mol. The second-order valence-corrected chi connectivity index (χ2v) is 5.09. The van der Waals surface area contributed by atoms with Gasteiger partial charge in [-0.05, 0) is 23.8 Å². The van der Waals surface area contributed by atoms with Crippen LogP contribution in [-0.4, -0.2) is 5.91 Å². The Morgan fingerprint density at radius 1 is 1.25 bits per heavy atom. The number of hydrogen-bond donors (Lipinski definition) is 2. The summed E-state index contributed by atoms with van der Waals surface area (Å²) in [5.74, 6) is -0.352. The van der Waals surface area contributed by atoms with E-state index >= 15 is 0 Å². The number of nitrogens with one attached hydrogen (secondary N) is 1. The summed E-state index contributed by atoms with van der Waals surface area (Å²) in [5.41, 5.74) is 7.46. The van der Waals surface area contributed by atoms with Crippen molar-refractivity contribution in [3.8, 4) is 6.07 Å². The van der Waals surface area contributed by atoms with E-state index in [4.69, 9.17) is 11.0 Å². The molecule has 3 N–H and O–H groups in total. The van der Waals surface area contributed by atoms with Gasteiger partial charge in [-0.2, -0.15) is 5.26 Å². The second kappa shape index (κ2) is 6.33. The molecule has 2 aromatic rings. The molecule has 0 spiro atoms. The molecule has 0 aliphatic heterocycles. The van der Waals surface area contributed by atoms with E-state index in [9.17, 15) is 4.79 Å². The van der Waals surface area contributed by atoms with Crippen molar-refractivity contribution >= 4 is 27.5 Å². The summed E-state index contributed by atoms with van der Waals surface area (Å²) in [4.78, 5) is 12.1. The van der Waals surface area contributed by atoms with Crippen molar-refractivity contribution in [3.05, 3.63) is 64.1 Å². The first kappa shape index (κ1) is 14.3. The van der Waals surface area contributed by atoms with E-state index in [-0.39, 0.29) is 5.91 Å². The second-order valence-electron chi connectivity index (χ2n) is 4.18. The van der Waals surface area contributed by atoms with Crippen molar-refractivity contribution < 1.29 is 4.79 Å². The van der Waals surface area contributed by atoms with Crippen LogP contribution in [0.5, 0.6) is 0 Å². The number of hydrogen-bond acceptors (Lipinski definition) is 3. The van der Waals surface area contributed by atoms with Crippen LogP contribution in [0.1, 0.15) is 17.2 Å². The molecule has 4 nitrogen and oxygen atoms in total. The van der Waals surface area contributed by atoms with Gasteiger partial charge in [0.25, 0.3) is 0 Å². The Balaban J connectivity index is 2.19. The maximum absolute atomic E-state index is 12.1. The van der Waals surface area contributed by atoms with Crippen LogP contribution in [0, 0.1) is 11.3 Å². The Hall–Kier alpha value is -2.16. The summed E-state index contributed by atoms with van der Waals surface area (Å²) in [5, 5.41) is 11.7. The maximum Gasteiger partial charge on any atom is 0.245 e. The smallest absolute Gasteiger partial charge is 0.245 e. The molecule has 0 bridgehead atoms. The molecule has 0 aromatic heterocycles. The van der Waals surface area contributed by atoms with Gasteiger partial charge in [-0.3, -0.25) is 4.79 Å². The third kappa shape index (κ3) is 3.23. The highest BCUT2D eigenvalue weighted by Gasteiger charge is 2.16. The summed E-state index contributed by atoms with van der Waals surface area (Å²) in [6.07, 6.45) is 0. The van der Waals surface area contributed by atoms with E-state index in [0.29, 0.717) is 11.3 Å². The molecule has 2 rings (SSSR count). The number of anilines is 1. The summed E-state index contributed by atoms with van der Waals surface area (Å²) < 4.78 is 0.777. The minimum absolute atomic E-state index is 0.352. The number of nitrogens with zero attached hydrogens (tertiary/aromatic N) is 1. The molecule has 1 amide bonds. The van der Waals surface area contributed by atoms with Crippen LogP contribution in [0.4, 0.5) is 5.69 Å². The van der Waals surface area contributed by atoms with Gasteiger partial charge in [0.05, 0.1) is 11.3 Å². The van der Waals surface area contributed by atoms with Gasteiger partial charge in [-0.15, -0.1) is 0 Å². The zero-order valence-electron chi connectivity index (χ0n) is 10.5. The zero-order chi connectivity index (χ0) is 14.5. The average molecular weight is 330 g/mol. The lowest BCUT2D eigenvalue weighted by Gasteiger charge is -2.13. The molecule has 0 heterocycles. The first-order chi connectivity index (χ1) is 9.61. The maximum atomic E-state index is 12.1. The van der Waals surface area contributed by atoms with E-state index in [1.165, 1.54) is 0 Å². The lowest BCUT2D eigenvalue weighted by atomic mass is 10.1. The summed E-state index contributed by atoms with van der Waals surface area (Å²) >= 11 is 3.28. The number of benzene rings is 2. The molecule has 2 aromatic carbocycles. The lowest BCUT2D eigenvalue weighted by molar-refractivity contribution is -0.117. The lowest BCUT2D eigenvalue weighted by Crippen LogP contribution is -2.27. The molecule has 20 heavy (non-hydrogen) atoms. The van der Waals surface area contributed by atoms with Crippen molar-refractivity contribution in [1.29, 1.82) is 5.26 Å². The quantitative estimate of drug-likeness (QED) is 0.908. The largest absolute Gasteiger partial charge is 0.323 e. The molecular weight excluding hydrogens is 318 g/mol. The van der Waals surface area contributed by atoms with Crippen LogP contribution >= 0.6 is 15.9 Å². The predicted molar refractivity (Wildman–Crippen MR) is 80.9 cm³/mol. The number of rotatable bonds is 3. The van der Waals surface area contributed by atoms with Crippen LogP contribution in [0.2, 0.25) is 0 Å². The zero-order valence-corrected chi connectivity index (χ0v) is 12.1. The number of nitriles is 1. The minimum Gasteiger partial charge on any atom is -0.323 e. The molecule has 100 valence electrons. The SMILES string of the molecule is N#Cc1cc(Br)ccc1NC(=O)[C@H](N)c1ccccc1. The van der Waals surface area contributed by atoms with Gasteiger partial charge in [0, 0.05) is 4.47 Å². The summed E-state index contributed by atoms with van der Waals surface area (Å²) in [6, 6.07) is 15.4. The first-order valence-electron chi connectivity index (χ1n) is 5.93. The molecule has 1 atom stereocenters. The highest BCUT2D eigenvalue weighted by atomic mass is 79.9. The molecule has 0 aliphatic rings. The molecule has 0 radical (unpaired) electrons. The van der Waals surface area contributed by atoms with E-state index in [1.807, 2.05) is 24.3 Å². The highest BCUT2D eigenvalue weighted by Crippen LogP contribution is 2.21. The van der Waals surface area contributed by atoms with E-state index in [0.717, 1.165) is 10.0 Å². The van der Waals surface area contributed by atoms with Gasteiger partial charge in [0.15, 0.2) is 0 Å². The van der Waals surface area contributed by atoms with Gasteiger partial charge in [-0.25, -0.2) is 0 Å². The Morgan fingerprint density at radius 3 is 2.60 bits per heavy atom. The van der Waals surface area contributed by atoms with Crippen LogP contribution in [0.15, 0.2) is 53.0 Å². The molecule has 0 saturated carbocycles. The number of nitrogens with two attached hydrogens (primary N) is 1. The number of amides is 1. The predicted octanol–water partition coefficient (Wildman–Crippen LogP) is 2.96. The third-order valence-electron chi connectivity index (χ3n) is 2.80. The summed E-state index contributed by atoms with van der Waals surface area (Å²) in [7, 11) is 0. The van der Waals surface area contributed by atoms with E-state index < -0.39 is 6.04 Å². The van der Waals surface area contributed by atoms with Gasteiger partial charge in [0.2, 0.25) is 5.91 Å². The Kier molecular flexibility index (Phi) is 4.51. The Morgan fingerprint density at radius 2 is 1.95 bits per heavy atom. The van der Waals surface area contributed by atoms with Crippen molar-refractivity contribution in [3.63, 3.8) is 0 Å². The number of halogens is 1. The molecule has 0 unspecified atom stereocenters. The topological polar surface area (TPSA) is 78.9 Å². The highest BCUT2D eigenvalue weighted by molar-refractivity contribution is 9.10. The summed E-state index contributed by atoms with van der Waals surface area (Å²) in [6.45, 7) is 0. The fraction of sp³-hybridized carbons (Fsp3) is 0.0667. The van der Waals surface area contributed by atoms with Crippen molar-refractivity contribution in [2.45, 2.75) is 6.04 Å². The van der Waals surface area contributed by atoms with E-state index in [1.54, 1.807) is 30.3 Å².